The summed E-state index contributed by atoms with van der Waals surface area (Å²) in [6, 6.07) is 5.28. The van der Waals surface area contributed by atoms with Gasteiger partial charge in [-0.25, -0.2) is 0 Å². The maximum Gasteiger partial charge on any atom is 0.251 e. The van der Waals surface area contributed by atoms with Gasteiger partial charge in [-0.1, -0.05) is 0 Å². The van der Waals surface area contributed by atoms with E-state index >= 15 is 0 Å². The fraction of sp³-hybridized carbons (Fsp3) is 0.364. The Hall–Kier alpha value is -1.71. The molecule has 0 aliphatic rings. The monoisotopic (exact) mass is 208 g/mol. The van der Waals surface area contributed by atoms with Gasteiger partial charge in [0, 0.05) is 19.2 Å². The standard InChI is InChI=1S/C11H16N2O2/c1-4-13-11(14)8-5-6-10(15-3)9(7-8)12-2/h5-7,12H,4H2,1-3H3,(H,13,14). The molecule has 82 valence electrons. The summed E-state index contributed by atoms with van der Waals surface area (Å²) in [7, 11) is 3.39. The molecule has 0 fully saturated rings. The third-order valence-electron chi connectivity index (χ3n) is 2.07. The van der Waals surface area contributed by atoms with Crippen molar-refractivity contribution in [2.24, 2.45) is 0 Å². The summed E-state index contributed by atoms with van der Waals surface area (Å²) < 4.78 is 5.14. The maximum atomic E-state index is 11.5. The zero-order valence-electron chi connectivity index (χ0n) is 9.26. The van der Waals surface area contributed by atoms with E-state index in [1.165, 1.54) is 0 Å². The van der Waals surface area contributed by atoms with Crippen LogP contribution >= 0.6 is 0 Å². The van der Waals surface area contributed by atoms with Crippen LogP contribution in [-0.2, 0) is 0 Å². The molecule has 0 spiro atoms. The Balaban J connectivity index is 2.97. The van der Waals surface area contributed by atoms with E-state index in [0.717, 1.165) is 11.4 Å². The van der Waals surface area contributed by atoms with Crippen molar-refractivity contribution in [3.63, 3.8) is 0 Å². The topological polar surface area (TPSA) is 50.4 Å². The Morgan fingerprint density at radius 3 is 2.73 bits per heavy atom. The average Bonchev–Trinajstić information content (AvgIpc) is 2.28. The largest absolute Gasteiger partial charge is 0.495 e. The van der Waals surface area contributed by atoms with E-state index in [-0.39, 0.29) is 5.91 Å². The first-order chi connectivity index (χ1) is 7.22. The number of amides is 1. The summed E-state index contributed by atoms with van der Waals surface area (Å²) in [6.45, 7) is 2.51. The summed E-state index contributed by atoms with van der Waals surface area (Å²) in [5.74, 6) is 0.655. The van der Waals surface area contributed by atoms with Crippen LogP contribution in [0.1, 0.15) is 17.3 Å². The molecular weight excluding hydrogens is 192 g/mol. The predicted molar refractivity (Wildman–Crippen MR) is 60.5 cm³/mol. The number of ether oxygens (including phenoxy) is 1. The van der Waals surface area contributed by atoms with Crippen LogP contribution in [0.4, 0.5) is 5.69 Å². The molecule has 0 aliphatic heterocycles. The van der Waals surface area contributed by atoms with Crippen LogP contribution < -0.4 is 15.4 Å². The highest BCUT2D eigenvalue weighted by Crippen LogP contribution is 2.24. The molecule has 0 aliphatic carbocycles. The number of carbonyl (C=O) groups excluding carboxylic acids is 1. The molecule has 0 radical (unpaired) electrons. The molecule has 1 amide bonds. The lowest BCUT2D eigenvalue weighted by molar-refractivity contribution is 0.0956. The Morgan fingerprint density at radius 2 is 2.20 bits per heavy atom. The van der Waals surface area contributed by atoms with Gasteiger partial charge in [-0.2, -0.15) is 0 Å². The van der Waals surface area contributed by atoms with E-state index in [9.17, 15) is 4.79 Å². The number of methoxy groups -OCH3 is 1. The SMILES string of the molecule is CCNC(=O)c1ccc(OC)c(NC)c1. The number of nitrogens with one attached hydrogen (secondary N) is 2. The number of hydrogen-bond acceptors (Lipinski definition) is 3. The molecule has 0 saturated heterocycles. The van der Waals surface area contributed by atoms with E-state index in [1.807, 2.05) is 6.92 Å². The fourth-order valence-corrected chi connectivity index (χ4v) is 1.31. The Bertz CT molecular complexity index is 350. The van der Waals surface area contributed by atoms with Gasteiger partial charge in [0.15, 0.2) is 0 Å². The number of anilines is 1. The minimum Gasteiger partial charge on any atom is -0.495 e. The normalized spacial score (nSPS) is 9.53. The summed E-state index contributed by atoms with van der Waals surface area (Å²) in [5, 5.41) is 5.72. The number of rotatable bonds is 4. The van der Waals surface area contributed by atoms with Gasteiger partial charge in [-0.05, 0) is 25.1 Å². The minimum absolute atomic E-state index is 0.0725. The quantitative estimate of drug-likeness (QED) is 0.788. The van der Waals surface area contributed by atoms with Crippen LogP contribution in [0.3, 0.4) is 0 Å². The molecule has 1 aromatic rings. The third kappa shape index (κ3) is 2.62. The van der Waals surface area contributed by atoms with Gasteiger partial charge in [-0.3, -0.25) is 4.79 Å². The van der Waals surface area contributed by atoms with Crippen molar-refractivity contribution in [3.05, 3.63) is 23.8 Å². The van der Waals surface area contributed by atoms with E-state index in [1.54, 1.807) is 32.4 Å². The summed E-state index contributed by atoms with van der Waals surface area (Å²) in [6.07, 6.45) is 0. The third-order valence-corrected chi connectivity index (χ3v) is 2.07. The highest BCUT2D eigenvalue weighted by atomic mass is 16.5. The lowest BCUT2D eigenvalue weighted by Gasteiger charge is -2.09. The molecule has 4 nitrogen and oxygen atoms in total. The number of benzene rings is 1. The molecule has 0 bridgehead atoms. The van der Waals surface area contributed by atoms with Gasteiger partial charge in [0.2, 0.25) is 0 Å². The maximum absolute atomic E-state index is 11.5. The lowest BCUT2D eigenvalue weighted by atomic mass is 10.1. The molecule has 0 saturated carbocycles. The van der Waals surface area contributed by atoms with Crippen molar-refractivity contribution < 1.29 is 9.53 Å². The Labute approximate surface area is 89.6 Å². The van der Waals surface area contributed by atoms with Crippen LogP contribution in [0, 0.1) is 0 Å². The average molecular weight is 208 g/mol. The molecule has 2 N–H and O–H groups in total. The van der Waals surface area contributed by atoms with Gasteiger partial charge < -0.3 is 15.4 Å². The van der Waals surface area contributed by atoms with Gasteiger partial charge in [0.25, 0.3) is 5.91 Å². The fourth-order valence-electron chi connectivity index (χ4n) is 1.31. The molecular formula is C11H16N2O2. The predicted octanol–water partition coefficient (Wildman–Crippen LogP) is 1.49. The first-order valence-corrected chi connectivity index (χ1v) is 4.87. The Kier molecular flexibility index (Phi) is 3.97. The molecule has 1 rings (SSSR count). The smallest absolute Gasteiger partial charge is 0.251 e. The van der Waals surface area contributed by atoms with E-state index in [4.69, 9.17) is 4.74 Å². The van der Waals surface area contributed by atoms with Crippen molar-refractivity contribution in [2.45, 2.75) is 6.92 Å². The molecule has 0 atom stereocenters. The molecule has 1 aromatic carbocycles. The van der Waals surface area contributed by atoms with E-state index < -0.39 is 0 Å². The van der Waals surface area contributed by atoms with Crippen LogP contribution in [-0.4, -0.2) is 26.6 Å². The zero-order valence-corrected chi connectivity index (χ0v) is 9.26. The first kappa shape index (κ1) is 11.4. The molecule has 15 heavy (non-hydrogen) atoms. The van der Waals surface area contributed by atoms with Crippen molar-refractivity contribution >= 4 is 11.6 Å². The van der Waals surface area contributed by atoms with Gasteiger partial charge in [-0.15, -0.1) is 0 Å². The Morgan fingerprint density at radius 1 is 1.47 bits per heavy atom. The van der Waals surface area contributed by atoms with Crippen LogP contribution in [0.2, 0.25) is 0 Å². The summed E-state index contributed by atoms with van der Waals surface area (Å²) in [4.78, 5) is 11.5. The lowest BCUT2D eigenvalue weighted by Crippen LogP contribution is -2.22. The number of carbonyl (C=O) groups is 1. The highest BCUT2D eigenvalue weighted by Gasteiger charge is 2.07. The number of hydrogen-bond donors (Lipinski definition) is 2. The van der Waals surface area contributed by atoms with Crippen molar-refractivity contribution in [1.29, 1.82) is 0 Å². The van der Waals surface area contributed by atoms with Crippen molar-refractivity contribution in [1.82, 2.24) is 5.32 Å². The molecule has 4 heteroatoms. The van der Waals surface area contributed by atoms with Gasteiger partial charge in [0.05, 0.1) is 12.8 Å². The highest BCUT2D eigenvalue weighted by molar-refractivity contribution is 5.95. The molecule has 0 unspecified atom stereocenters. The van der Waals surface area contributed by atoms with Crippen LogP contribution in [0.15, 0.2) is 18.2 Å². The second-order valence-corrected chi connectivity index (χ2v) is 3.02. The van der Waals surface area contributed by atoms with Crippen LogP contribution in [0.25, 0.3) is 0 Å². The van der Waals surface area contributed by atoms with Crippen molar-refractivity contribution in [3.8, 4) is 5.75 Å². The molecule has 0 aromatic heterocycles. The van der Waals surface area contributed by atoms with Crippen molar-refractivity contribution in [2.75, 3.05) is 26.0 Å². The minimum atomic E-state index is -0.0725. The van der Waals surface area contributed by atoms with Gasteiger partial charge in [0.1, 0.15) is 5.75 Å². The second-order valence-electron chi connectivity index (χ2n) is 3.02. The first-order valence-electron chi connectivity index (χ1n) is 4.87. The van der Waals surface area contributed by atoms with E-state index in [0.29, 0.717) is 12.1 Å². The van der Waals surface area contributed by atoms with Gasteiger partial charge >= 0.3 is 0 Å². The molecule has 0 heterocycles. The van der Waals surface area contributed by atoms with Crippen LogP contribution in [0.5, 0.6) is 5.75 Å². The zero-order chi connectivity index (χ0) is 11.3. The van der Waals surface area contributed by atoms with E-state index in [2.05, 4.69) is 10.6 Å². The summed E-state index contributed by atoms with van der Waals surface area (Å²) in [5.41, 5.74) is 1.43. The second kappa shape index (κ2) is 5.24. The summed E-state index contributed by atoms with van der Waals surface area (Å²) >= 11 is 0.